The number of hydrogen-bond acceptors (Lipinski definition) is 3. The summed E-state index contributed by atoms with van der Waals surface area (Å²) in [6, 6.07) is 9.53. The van der Waals surface area contributed by atoms with Crippen molar-refractivity contribution in [3.8, 4) is 5.88 Å². The molecule has 2 rings (SSSR count). The number of carbonyl (C=O) groups is 1. The SMILES string of the molecule is O=C(Oc1ccc(Cl)cn1)c1ccc(Cl)cc1. The van der Waals surface area contributed by atoms with E-state index in [0.717, 1.165) is 0 Å². The number of rotatable bonds is 2. The third-order valence-corrected chi connectivity index (χ3v) is 2.45. The molecule has 1 aromatic heterocycles. The summed E-state index contributed by atoms with van der Waals surface area (Å²) in [7, 11) is 0. The van der Waals surface area contributed by atoms with E-state index in [9.17, 15) is 4.79 Å². The highest BCUT2D eigenvalue weighted by Gasteiger charge is 2.08. The van der Waals surface area contributed by atoms with E-state index in [1.54, 1.807) is 30.3 Å². The summed E-state index contributed by atoms with van der Waals surface area (Å²) in [5.41, 5.74) is 0.408. The molecule has 0 saturated heterocycles. The maximum Gasteiger partial charge on any atom is 0.344 e. The van der Waals surface area contributed by atoms with Gasteiger partial charge in [0.2, 0.25) is 5.88 Å². The standard InChI is InChI=1S/C12H7Cl2NO2/c13-9-3-1-8(2-4-9)12(16)17-11-6-5-10(14)7-15-11/h1-7H. The molecule has 0 aliphatic rings. The fourth-order valence-electron chi connectivity index (χ4n) is 1.16. The molecule has 1 heterocycles. The molecule has 0 aliphatic heterocycles. The first-order valence-electron chi connectivity index (χ1n) is 4.74. The summed E-state index contributed by atoms with van der Waals surface area (Å²) in [4.78, 5) is 15.5. The molecule has 5 heteroatoms. The van der Waals surface area contributed by atoms with E-state index >= 15 is 0 Å². The fraction of sp³-hybridized carbons (Fsp3) is 0. The molecule has 1 aromatic carbocycles. The Morgan fingerprint density at radius 1 is 1.00 bits per heavy atom. The Morgan fingerprint density at radius 3 is 2.24 bits per heavy atom. The second-order valence-electron chi connectivity index (χ2n) is 3.21. The van der Waals surface area contributed by atoms with Gasteiger partial charge in [0, 0.05) is 17.3 Å². The van der Waals surface area contributed by atoms with E-state index in [2.05, 4.69) is 4.98 Å². The summed E-state index contributed by atoms with van der Waals surface area (Å²) in [6.45, 7) is 0. The van der Waals surface area contributed by atoms with Gasteiger partial charge in [-0.25, -0.2) is 9.78 Å². The average Bonchev–Trinajstić information content (AvgIpc) is 2.33. The Morgan fingerprint density at radius 2 is 1.65 bits per heavy atom. The molecule has 0 aliphatic carbocycles. The van der Waals surface area contributed by atoms with Gasteiger partial charge in [0.25, 0.3) is 0 Å². The molecular formula is C12H7Cl2NO2. The third kappa shape index (κ3) is 3.19. The van der Waals surface area contributed by atoms with Crippen LogP contribution in [0.5, 0.6) is 5.88 Å². The minimum Gasteiger partial charge on any atom is -0.404 e. The lowest BCUT2D eigenvalue weighted by atomic mass is 10.2. The Bertz CT molecular complexity index is 523. The normalized spacial score (nSPS) is 10.0. The highest BCUT2D eigenvalue weighted by molar-refractivity contribution is 6.30. The molecule has 17 heavy (non-hydrogen) atoms. The zero-order valence-electron chi connectivity index (χ0n) is 8.56. The molecule has 0 radical (unpaired) electrons. The van der Waals surface area contributed by atoms with Crippen LogP contribution in [0.25, 0.3) is 0 Å². The Kier molecular flexibility index (Phi) is 3.61. The molecule has 0 bridgehead atoms. The summed E-state index contributed by atoms with van der Waals surface area (Å²) >= 11 is 11.4. The number of ether oxygens (including phenoxy) is 1. The van der Waals surface area contributed by atoms with E-state index in [-0.39, 0.29) is 5.88 Å². The van der Waals surface area contributed by atoms with Crippen LogP contribution in [0, 0.1) is 0 Å². The number of aromatic nitrogens is 1. The van der Waals surface area contributed by atoms with Gasteiger partial charge in [0.1, 0.15) is 0 Å². The number of halogens is 2. The highest BCUT2D eigenvalue weighted by atomic mass is 35.5. The number of pyridine rings is 1. The van der Waals surface area contributed by atoms with Crippen molar-refractivity contribution in [3.05, 3.63) is 58.2 Å². The molecule has 0 fully saturated rings. The van der Waals surface area contributed by atoms with Gasteiger partial charge in [-0.2, -0.15) is 0 Å². The van der Waals surface area contributed by atoms with Crippen molar-refractivity contribution in [2.45, 2.75) is 0 Å². The molecule has 3 nitrogen and oxygen atoms in total. The van der Waals surface area contributed by atoms with Gasteiger partial charge in [-0.3, -0.25) is 0 Å². The summed E-state index contributed by atoms with van der Waals surface area (Å²) in [5, 5.41) is 1.04. The summed E-state index contributed by atoms with van der Waals surface area (Å²) < 4.78 is 5.04. The van der Waals surface area contributed by atoms with E-state index < -0.39 is 5.97 Å². The summed E-state index contributed by atoms with van der Waals surface area (Å²) in [6.07, 6.45) is 1.41. The Hall–Kier alpha value is -1.58. The smallest absolute Gasteiger partial charge is 0.344 e. The second kappa shape index (κ2) is 5.17. The van der Waals surface area contributed by atoms with Crippen molar-refractivity contribution in [2.75, 3.05) is 0 Å². The quantitative estimate of drug-likeness (QED) is 0.781. The van der Waals surface area contributed by atoms with E-state index in [1.165, 1.54) is 12.3 Å². The molecule has 0 N–H and O–H groups in total. The average molecular weight is 268 g/mol. The molecule has 0 atom stereocenters. The van der Waals surface area contributed by atoms with Gasteiger partial charge in [0.05, 0.1) is 10.6 Å². The van der Waals surface area contributed by atoms with Crippen LogP contribution in [0.1, 0.15) is 10.4 Å². The van der Waals surface area contributed by atoms with Crippen LogP contribution in [-0.4, -0.2) is 11.0 Å². The monoisotopic (exact) mass is 267 g/mol. The van der Waals surface area contributed by atoms with Crippen LogP contribution in [0.4, 0.5) is 0 Å². The lowest BCUT2D eigenvalue weighted by Crippen LogP contribution is -2.08. The van der Waals surface area contributed by atoms with Gasteiger partial charge < -0.3 is 4.74 Å². The maximum atomic E-state index is 11.7. The number of carbonyl (C=O) groups excluding carboxylic acids is 1. The van der Waals surface area contributed by atoms with Crippen molar-refractivity contribution in [1.82, 2.24) is 4.98 Å². The maximum absolute atomic E-state index is 11.7. The first kappa shape index (κ1) is 11.9. The predicted molar refractivity (Wildman–Crippen MR) is 65.7 cm³/mol. The second-order valence-corrected chi connectivity index (χ2v) is 4.08. The highest BCUT2D eigenvalue weighted by Crippen LogP contribution is 2.14. The molecule has 0 saturated carbocycles. The molecule has 0 unspecified atom stereocenters. The van der Waals surface area contributed by atoms with Crippen LogP contribution in [0.15, 0.2) is 42.6 Å². The van der Waals surface area contributed by atoms with Gasteiger partial charge in [0.15, 0.2) is 0 Å². The van der Waals surface area contributed by atoms with Crippen LogP contribution >= 0.6 is 23.2 Å². The van der Waals surface area contributed by atoms with Crippen LogP contribution in [0.3, 0.4) is 0 Å². The molecule has 0 amide bonds. The van der Waals surface area contributed by atoms with Crippen LogP contribution in [0.2, 0.25) is 10.0 Å². The van der Waals surface area contributed by atoms with Crippen molar-refractivity contribution < 1.29 is 9.53 Å². The first-order valence-corrected chi connectivity index (χ1v) is 5.50. The van der Waals surface area contributed by atoms with Crippen LogP contribution < -0.4 is 4.74 Å². The van der Waals surface area contributed by atoms with Crippen molar-refractivity contribution >= 4 is 29.2 Å². The topological polar surface area (TPSA) is 39.2 Å². The molecular weight excluding hydrogens is 261 g/mol. The van der Waals surface area contributed by atoms with E-state index in [0.29, 0.717) is 15.6 Å². The number of hydrogen-bond donors (Lipinski definition) is 0. The van der Waals surface area contributed by atoms with Crippen LogP contribution in [-0.2, 0) is 0 Å². The Balaban J connectivity index is 2.11. The van der Waals surface area contributed by atoms with Gasteiger partial charge in [-0.15, -0.1) is 0 Å². The lowest BCUT2D eigenvalue weighted by Gasteiger charge is -2.03. The third-order valence-electron chi connectivity index (χ3n) is 1.98. The Labute approximate surface area is 108 Å². The van der Waals surface area contributed by atoms with Gasteiger partial charge >= 0.3 is 5.97 Å². The molecule has 0 spiro atoms. The number of nitrogens with zero attached hydrogens (tertiary/aromatic N) is 1. The fourth-order valence-corrected chi connectivity index (χ4v) is 1.40. The summed E-state index contributed by atoms with van der Waals surface area (Å²) in [5.74, 6) is -0.286. The predicted octanol–water partition coefficient (Wildman–Crippen LogP) is 3.61. The first-order chi connectivity index (χ1) is 8.15. The van der Waals surface area contributed by atoms with Gasteiger partial charge in [-0.05, 0) is 30.3 Å². The van der Waals surface area contributed by atoms with Gasteiger partial charge in [-0.1, -0.05) is 23.2 Å². The van der Waals surface area contributed by atoms with Crippen molar-refractivity contribution in [2.24, 2.45) is 0 Å². The zero-order valence-corrected chi connectivity index (χ0v) is 10.1. The minimum atomic E-state index is -0.489. The largest absolute Gasteiger partial charge is 0.404 e. The zero-order chi connectivity index (χ0) is 12.3. The van der Waals surface area contributed by atoms with E-state index in [4.69, 9.17) is 27.9 Å². The number of esters is 1. The molecule has 2 aromatic rings. The molecule has 86 valence electrons. The van der Waals surface area contributed by atoms with Crippen molar-refractivity contribution in [1.29, 1.82) is 0 Å². The minimum absolute atomic E-state index is 0.203. The van der Waals surface area contributed by atoms with Crippen molar-refractivity contribution in [3.63, 3.8) is 0 Å². The van der Waals surface area contributed by atoms with E-state index in [1.807, 2.05) is 0 Å². The lowest BCUT2D eigenvalue weighted by molar-refractivity contribution is 0.0727. The number of benzene rings is 1.